The summed E-state index contributed by atoms with van der Waals surface area (Å²) >= 11 is 3.20. The monoisotopic (exact) mass is 549 g/mol. The molecule has 0 atom stereocenters. The summed E-state index contributed by atoms with van der Waals surface area (Å²) in [5.41, 5.74) is 0. The van der Waals surface area contributed by atoms with Crippen LogP contribution in [0.5, 0.6) is 0 Å². The van der Waals surface area contributed by atoms with Crippen LogP contribution in [0, 0.1) is 5.38 Å². The Bertz CT molecular complexity index is 188. The maximum atomic E-state index is 4.61. The first-order valence-electron chi connectivity index (χ1n) is 7.65. The molecule has 1 aromatic heterocycles. The normalized spacial score (nSPS) is 9.10. The second-order valence-corrected chi connectivity index (χ2v) is 11.2. The van der Waals surface area contributed by atoms with E-state index in [1.807, 2.05) is 17.5 Å². The van der Waals surface area contributed by atoms with Crippen LogP contribution in [0.2, 0.25) is 0 Å². The largest absolute Gasteiger partial charge is 0.304 e. The van der Waals surface area contributed by atoms with Gasteiger partial charge in [0.15, 0.2) is 0 Å². The van der Waals surface area contributed by atoms with Crippen LogP contribution in [0.4, 0.5) is 0 Å². The van der Waals surface area contributed by atoms with Gasteiger partial charge in [0.25, 0.3) is 0 Å². The second kappa shape index (κ2) is 26.4. The molecular weight excluding hydrogens is 517 g/mol. The van der Waals surface area contributed by atoms with Gasteiger partial charge in [-0.2, -0.15) is 11.4 Å². The van der Waals surface area contributed by atoms with E-state index in [-0.39, 0.29) is 0 Å². The summed E-state index contributed by atoms with van der Waals surface area (Å²) in [6.07, 6.45) is 8.51. The van der Waals surface area contributed by atoms with Gasteiger partial charge in [0, 0.05) is 0 Å². The summed E-state index contributed by atoms with van der Waals surface area (Å²) in [5.74, 6) is 0. The number of rotatable bonds is 6. The van der Waals surface area contributed by atoms with Crippen LogP contribution in [-0.2, 0) is 18.8 Å². The Hall–Kier alpha value is 1.54. The third-order valence-electron chi connectivity index (χ3n) is 3.06. The molecule has 1 aromatic rings. The molecule has 0 nitrogen and oxygen atoms in total. The second-order valence-electron chi connectivity index (χ2n) is 3.97. The maximum absolute atomic E-state index is 4.61. The van der Waals surface area contributed by atoms with Crippen LogP contribution in [0.1, 0.15) is 41.5 Å². The van der Waals surface area contributed by atoms with Gasteiger partial charge >= 0.3 is 28.2 Å². The van der Waals surface area contributed by atoms with Gasteiger partial charge in [0.05, 0.1) is 0 Å². The molecule has 0 aliphatic heterocycles. The van der Waals surface area contributed by atoms with E-state index < -0.39 is 0 Å². The van der Waals surface area contributed by atoms with Crippen LogP contribution in [-0.4, -0.2) is 37.0 Å². The van der Waals surface area contributed by atoms with Gasteiger partial charge in [-0.15, -0.1) is 21.2 Å². The third-order valence-corrected chi connectivity index (χ3v) is 8.99. The molecule has 1 rings (SSSR count). The molecule has 0 aliphatic carbocycles. The summed E-state index contributed by atoms with van der Waals surface area (Å²) < 4.78 is 0. The molecule has 130 valence electrons. The van der Waals surface area contributed by atoms with E-state index in [0.29, 0.717) is 15.8 Å². The smallest absolute Gasteiger partial charge is 0.124 e. The van der Waals surface area contributed by atoms with Crippen molar-refractivity contribution >= 4 is 36.6 Å². The molecule has 0 fully saturated rings. The van der Waals surface area contributed by atoms with Crippen LogP contribution in [0.15, 0.2) is 17.5 Å². The van der Waals surface area contributed by atoms with Crippen LogP contribution < -0.4 is 0 Å². The molecule has 1 heterocycles. The molecule has 0 saturated heterocycles. The van der Waals surface area contributed by atoms with Gasteiger partial charge in [0.2, 0.25) is 0 Å². The predicted octanol–water partition coefficient (Wildman–Crippen LogP) is 7.29. The van der Waals surface area contributed by atoms with Gasteiger partial charge in [-0.25, -0.2) is 6.07 Å². The van der Waals surface area contributed by atoms with Gasteiger partial charge in [-0.3, -0.25) is 0 Å². The molecular formula is C16H33ClP2PtS. The van der Waals surface area contributed by atoms with Crippen molar-refractivity contribution in [3.05, 3.63) is 22.9 Å². The SMILES string of the molecule is CCP(CC)CC.CCP(CC)CC.[Cl][Pt+].[c-]1cccs1. The Morgan fingerprint density at radius 1 is 0.810 bits per heavy atom. The molecule has 0 bridgehead atoms. The summed E-state index contributed by atoms with van der Waals surface area (Å²) in [7, 11) is 5.50. The Kier molecular flexibility index (Phi) is 34.5. The number of thiophene rings is 1. The average Bonchev–Trinajstić information content (AvgIpc) is 3.13. The fourth-order valence-electron chi connectivity index (χ4n) is 1.54. The van der Waals surface area contributed by atoms with E-state index >= 15 is 0 Å². The maximum Gasteiger partial charge on any atom is -0.124 e. The molecule has 0 saturated carbocycles. The Balaban J connectivity index is -0.000000220. The van der Waals surface area contributed by atoms with Crippen molar-refractivity contribution in [2.75, 3.05) is 37.0 Å². The van der Waals surface area contributed by atoms with E-state index in [1.165, 1.54) is 37.0 Å². The first-order valence-corrected chi connectivity index (χ1v) is 15.1. The third kappa shape index (κ3) is 23.9. The molecule has 0 radical (unpaired) electrons. The van der Waals surface area contributed by atoms with Crippen molar-refractivity contribution in [1.82, 2.24) is 0 Å². The first kappa shape index (κ1) is 27.4. The molecule has 0 aliphatic rings. The molecule has 21 heavy (non-hydrogen) atoms. The minimum Gasteiger partial charge on any atom is -0.304 e. The summed E-state index contributed by atoms with van der Waals surface area (Å²) in [5, 5.41) is 4.89. The molecule has 0 N–H and O–H groups in total. The van der Waals surface area contributed by atoms with Gasteiger partial charge in [0.1, 0.15) is 0 Å². The van der Waals surface area contributed by atoms with Crippen molar-refractivity contribution in [2.45, 2.75) is 41.5 Å². The predicted molar refractivity (Wildman–Crippen MR) is 106 cm³/mol. The van der Waals surface area contributed by atoms with E-state index in [9.17, 15) is 0 Å². The zero-order valence-corrected chi connectivity index (χ0v) is 20.1. The minimum absolute atomic E-state index is 0.446. The van der Waals surface area contributed by atoms with Crippen molar-refractivity contribution < 1.29 is 18.8 Å². The van der Waals surface area contributed by atoms with E-state index in [1.54, 1.807) is 30.1 Å². The van der Waals surface area contributed by atoms with Crippen molar-refractivity contribution in [3.63, 3.8) is 0 Å². The van der Waals surface area contributed by atoms with Crippen LogP contribution >= 0.6 is 36.6 Å². The number of hydrogen-bond donors (Lipinski definition) is 0. The standard InChI is InChI=1S/2C6H15P.C4H3S.ClH.Pt/c2*1-4-7(5-2)6-3;1-2-4-5-3-1;;/h2*4-6H2,1-3H3;1-3H;1H;/q;;-1;;+2/p-1. The van der Waals surface area contributed by atoms with E-state index in [4.69, 9.17) is 0 Å². The summed E-state index contributed by atoms with van der Waals surface area (Å²) in [6.45, 7) is 13.7. The molecule has 0 unspecified atom stereocenters. The first-order chi connectivity index (χ1) is 10.2. The zero-order chi connectivity index (χ0) is 16.9. The topological polar surface area (TPSA) is 0 Å². The molecule has 0 aromatic carbocycles. The Morgan fingerprint density at radius 2 is 1.14 bits per heavy atom. The van der Waals surface area contributed by atoms with E-state index in [0.717, 1.165) is 0 Å². The average molecular weight is 550 g/mol. The van der Waals surface area contributed by atoms with Crippen LogP contribution in [0.25, 0.3) is 0 Å². The van der Waals surface area contributed by atoms with E-state index in [2.05, 4.69) is 56.3 Å². The number of halogens is 1. The number of hydrogen-bond acceptors (Lipinski definition) is 1. The van der Waals surface area contributed by atoms with Gasteiger partial charge in [-0.05, 0) is 37.0 Å². The quantitative estimate of drug-likeness (QED) is 0.258. The molecule has 5 heteroatoms. The van der Waals surface area contributed by atoms with Crippen molar-refractivity contribution in [3.8, 4) is 0 Å². The van der Waals surface area contributed by atoms with Crippen LogP contribution in [0.3, 0.4) is 0 Å². The molecule has 0 spiro atoms. The van der Waals surface area contributed by atoms with Gasteiger partial charge < -0.3 is 11.3 Å². The zero-order valence-electron chi connectivity index (χ0n) is 14.5. The Labute approximate surface area is 156 Å². The fourth-order valence-corrected chi connectivity index (χ4v) is 4.61. The Morgan fingerprint density at radius 3 is 1.19 bits per heavy atom. The molecule has 0 amide bonds. The van der Waals surface area contributed by atoms with Crippen molar-refractivity contribution in [2.24, 2.45) is 0 Å². The fraction of sp³-hybridized carbons (Fsp3) is 0.750. The van der Waals surface area contributed by atoms with Crippen molar-refractivity contribution in [1.29, 1.82) is 0 Å². The minimum atomic E-state index is 0.446. The summed E-state index contributed by atoms with van der Waals surface area (Å²) in [6, 6.07) is 3.86. The summed E-state index contributed by atoms with van der Waals surface area (Å²) in [4.78, 5) is 0. The van der Waals surface area contributed by atoms with Gasteiger partial charge in [-0.1, -0.05) is 41.5 Å².